The van der Waals surface area contributed by atoms with E-state index in [9.17, 15) is 8.42 Å². The number of rotatable bonds is 4. The summed E-state index contributed by atoms with van der Waals surface area (Å²) in [6, 6.07) is 11.2. The summed E-state index contributed by atoms with van der Waals surface area (Å²) in [5.74, 6) is 0.107. The zero-order valence-electron chi connectivity index (χ0n) is 11.9. The molecule has 1 aromatic heterocycles. The van der Waals surface area contributed by atoms with Crippen molar-refractivity contribution in [2.45, 2.75) is 0 Å². The van der Waals surface area contributed by atoms with Crippen molar-refractivity contribution in [3.63, 3.8) is 0 Å². The van der Waals surface area contributed by atoms with Crippen LogP contribution in [0.4, 0.5) is 0 Å². The van der Waals surface area contributed by atoms with E-state index >= 15 is 0 Å². The summed E-state index contributed by atoms with van der Waals surface area (Å²) in [6.45, 7) is 0. The van der Waals surface area contributed by atoms with E-state index in [4.69, 9.17) is 28.3 Å². The predicted octanol–water partition coefficient (Wildman–Crippen LogP) is 2.82. The fraction of sp³-hybridized carbons (Fsp3) is 0. The zero-order chi connectivity index (χ0) is 17.3. The molecule has 0 aliphatic heterocycles. The Bertz CT molecular complexity index is 967. The Morgan fingerprint density at radius 3 is 2.25 bits per heavy atom. The number of hydrogen-bond donors (Lipinski definition) is 1. The van der Waals surface area contributed by atoms with Crippen LogP contribution in [0.3, 0.4) is 0 Å². The number of aromatic nitrogens is 3. The van der Waals surface area contributed by atoms with Gasteiger partial charge in [-0.15, -0.1) is 5.10 Å². The first-order valence-electron chi connectivity index (χ1n) is 6.52. The number of halogens is 2. The Balaban J connectivity index is 1.88. The van der Waals surface area contributed by atoms with Crippen LogP contribution in [0.5, 0.6) is 5.75 Å². The van der Waals surface area contributed by atoms with Crippen molar-refractivity contribution in [1.82, 2.24) is 15.0 Å². The molecule has 0 saturated carbocycles. The van der Waals surface area contributed by atoms with Gasteiger partial charge in [-0.3, -0.25) is 0 Å². The number of nitrogens with zero attached hydrogens (tertiary/aromatic N) is 3. The second-order valence-corrected chi connectivity index (χ2v) is 6.80. The predicted molar refractivity (Wildman–Crippen MR) is 90.6 cm³/mol. The van der Waals surface area contributed by atoms with Crippen molar-refractivity contribution in [2.75, 3.05) is 0 Å². The molecule has 0 unspecified atom stereocenters. The summed E-state index contributed by atoms with van der Waals surface area (Å²) in [4.78, 5) is 0. The molecular formula is C14H10Cl2N4O3S. The third-order valence-corrected chi connectivity index (χ3v) is 3.83. The molecule has 0 aliphatic rings. The van der Waals surface area contributed by atoms with Crippen LogP contribution in [0.25, 0.3) is 16.9 Å². The summed E-state index contributed by atoms with van der Waals surface area (Å²) in [5, 5.41) is 13.9. The van der Waals surface area contributed by atoms with Crippen LogP contribution in [0.15, 0.2) is 48.7 Å². The van der Waals surface area contributed by atoms with Crippen molar-refractivity contribution in [3.05, 3.63) is 58.7 Å². The van der Waals surface area contributed by atoms with Gasteiger partial charge in [0, 0.05) is 15.6 Å². The van der Waals surface area contributed by atoms with E-state index in [1.807, 2.05) is 0 Å². The van der Waals surface area contributed by atoms with Crippen LogP contribution in [-0.2, 0) is 10.3 Å². The molecular weight excluding hydrogens is 375 g/mol. The Hall–Kier alpha value is -2.13. The van der Waals surface area contributed by atoms with Gasteiger partial charge in [0.2, 0.25) is 0 Å². The molecule has 10 heteroatoms. The van der Waals surface area contributed by atoms with Gasteiger partial charge >= 0.3 is 10.3 Å². The molecule has 1 heterocycles. The lowest BCUT2D eigenvalue weighted by Crippen LogP contribution is -2.18. The highest BCUT2D eigenvalue weighted by Gasteiger charge is 2.09. The molecule has 2 N–H and O–H groups in total. The molecule has 0 fully saturated rings. The van der Waals surface area contributed by atoms with Gasteiger partial charge < -0.3 is 4.18 Å². The molecule has 0 bridgehead atoms. The topological polar surface area (TPSA) is 100 Å². The van der Waals surface area contributed by atoms with E-state index in [1.165, 1.54) is 16.8 Å². The molecule has 124 valence electrons. The van der Waals surface area contributed by atoms with Gasteiger partial charge in [-0.25, -0.2) is 4.68 Å². The fourth-order valence-electron chi connectivity index (χ4n) is 2.01. The van der Waals surface area contributed by atoms with Crippen molar-refractivity contribution in [1.29, 1.82) is 0 Å². The maximum atomic E-state index is 10.9. The third kappa shape index (κ3) is 4.04. The summed E-state index contributed by atoms with van der Waals surface area (Å²) in [7, 11) is -4.05. The maximum Gasteiger partial charge on any atom is 0.380 e. The van der Waals surface area contributed by atoms with Crippen LogP contribution in [0.1, 0.15) is 0 Å². The number of hydrogen-bond acceptors (Lipinski definition) is 5. The molecule has 0 spiro atoms. The van der Waals surface area contributed by atoms with Gasteiger partial charge in [0.25, 0.3) is 0 Å². The molecule has 3 rings (SSSR count). The van der Waals surface area contributed by atoms with E-state index in [0.717, 1.165) is 5.56 Å². The van der Waals surface area contributed by atoms with Crippen LogP contribution < -0.4 is 9.32 Å². The van der Waals surface area contributed by atoms with Crippen molar-refractivity contribution in [3.8, 4) is 22.7 Å². The first-order valence-corrected chi connectivity index (χ1v) is 8.74. The van der Waals surface area contributed by atoms with Gasteiger partial charge in [0.05, 0.1) is 11.9 Å². The van der Waals surface area contributed by atoms with Gasteiger partial charge in [-0.2, -0.15) is 13.6 Å². The fourth-order valence-corrected chi connectivity index (χ4v) is 2.90. The zero-order valence-corrected chi connectivity index (χ0v) is 14.3. The summed E-state index contributed by atoms with van der Waals surface area (Å²) in [6.07, 6.45) is 1.69. The highest BCUT2D eigenvalue weighted by Crippen LogP contribution is 2.24. The van der Waals surface area contributed by atoms with Gasteiger partial charge in [0.1, 0.15) is 11.4 Å². The average Bonchev–Trinajstić information content (AvgIpc) is 2.95. The van der Waals surface area contributed by atoms with E-state index in [1.54, 1.807) is 36.5 Å². The van der Waals surface area contributed by atoms with Gasteiger partial charge in [-0.1, -0.05) is 28.4 Å². The Kier molecular flexibility index (Phi) is 4.46. The summed E-state index contributed by atoms with van der Waals surface area (Å²) >= 11 is 11.9. The maximum absolute atomic E-state index is 10.9. The van der Waals surface area contributed by atoms with Crippen LogP contribution >= 0.6 is 23.2 Å². The molecule has 3 aromatic rings. The van der Waals surface area contributed by atoms with E-state index in [-0.39, 0.29) is 5.75 Å². The lowest BCUT2D eigenvalue weighted by atomic mass is 10.2. The average molecular weight is 385 g/mol. The van der Waals surface area contributed by atoms with E-state index in [2.05, 4.69) is 14.5 Å². The first kappa shape index (κ1) is 16.7. The van der Waals surface area contributed by atoms with Gasteiger partial charge in [0.15, 0.2) is 0 Å². The normalized spacial score (nSPS) is 11.5. The summed E-state index contributed by atoms with van der Waals surface area (Å²) in [5.41, 5.74) is 1.96. The molecule has 0 atom stereocenters. The number of nitrogens with two attached hydrogens (primary N) is 1. The standard InChI is InChI=1S/C14H10Cl2N4O3S/c15-10-5-11(16)7-12(6-10)20-8-14(18-19-20)9-1-3-13(4-2-9)23-24(17,21)22/h1-8H,(H2,17,21,22). The Morgan fingerprint density at radius 2 is 1.67 bits per heavy atom. The minimum absolute atomic E-state index is 0.107. The quantitative estimate of drug-likeness (QED) is 0.745. The molecule has 0 amide bonds. The SMILES string of the molecule is NS(=O)(=O)Oc1ccc(-c2cn(-c3cc(Cl)cc(Cl)c3)nn2)cc1. The Morgan fingerprint density at radius 1 is 1.04 bits per heavy atom. The van der Waals surface area contributed by atoms with Crippen LogP contribution in [-0.4, -0.2) is 23.4 Å². The van der Waals surface area contributed by atoms with E-state index in [0.29, 0.717) is 21.4 Å². The molecule has 0 saturated heterocycles. The van der Waals surface area contributed by atoms with E-state index < -0.39 is 10.3 Å². The van der Waals surface area contributed by atoms with Gasteiger partial charge in [-0.05, 0) is 42.5 Å². The third-order valence-electron chi connectivity index (χ3n) is 2.97. The highest BCUT2D eigenvalue weighted by atomic mass is 35.5. The monoisotopic (exact) mass is 384 g/mol. The van der Waals surface area contributed by atoms with Crippen LogP contribution in [0.2, 0.25) is 10.0 Å². The highest BCUT2D eigenvalue weighted by molar-refractivity contribution is 7.84. The molecule has 2 aromatic carbocycles. The smallest absolute Gasteiger partial charge is 0.371 e. The first-order chi connectivity index (χ1) is 11.3. The Labute approximate surface area is 147 Å². The molecule has 7 nitrogen and oxygen atoms in total. The molecule has 24 heavy (non-hydrogen) atoms. The second kappa shape index (κ2) is 6.40. The van der Waals surface area contributed by atoms with Crippen LogP contribution in [0, 0.1) is 0 Å². The molecule has 0 aliphatic carbocycles. The summed E-state index contributed by atoms with van der Waals surface area (Å²) < 4.78 is 27.9. The lowest BCUT2D eigenvalue weighted by molar-refractivity contribution is 0.488. The number of benzene rings is 2. The van der Waals surface area contributed by atoms with Crippen molar-refractivity contribution in [2.24, 2.45) is 5.14 Å². The minimum Gasteiger partial charge on any atom is -0.371 e. The minimum atomic E-state index is -4.05. The van der Waals surface area contributed by atoms with Crippen molar-refractivity contribution < 1.29 is 12.6 Å². The largest absolute Gasteiger partial charge is 0.380 e. The van der Waals surface area contributed by atoms with Crippen molar-refractivity contribution >= 4 is 33.5 Å². The molecule has 0 radical (unpaired) electrons. The lowest BCUT2D eigenvalue weighted by Gasteiger charge is -2.03. The second-order valence-electron chi connectivity index (χ2n) is 4.78.